The molecule has 1 aliphatic carbocycles. The highest BCUT2D eigenvalue weighted by molar-refractivity contribution is 4.98. The maximum Gasteiger partial charge on any atom is 0.117 e. The highest BCUT2D eigenvalue weighted by Crippen LogP contribution is 2.25. The van der Waals surface area contributed by atoms with Crippen LogP contribution in [0.2, 0.25) is 0 Å². The average Bonchev–Trinajstić information content (AvgIpc) is 3.01. The first-order valence-electron chi connectivity index (χ1n) is 6.77. The Hall–Kier alpha value is -0.800. The van der Waals surface area contributed by atoms with E-state index in [0.717, 1.165) is 37.7 Å². The van der Waals surface area contributed by atoms with E-state index in [9.17, 15) is 0 Å². The van der Waals surface area contributed by atoms with Crippen LogP contribution in [0.1, 0.15) is 44.3 Å². The summed E-state index contributed by atoms with van der Waals surface area (Å²) >= 11 is 0. The van der Waals surface area contributed by atoms with Crippen molar-refractivity contribution < 1.29 is 9.52 Å². The summed E-state index contributed by atoms with van der Waals surface area (Å²) in [6.07, 6.45) is 9.09. The lowest BCUT2D eigenvalue weighted by atomic mass is 10.2. The van der Waals surface area contributed by atoms with E-state index in [1.165, 1.54) is 25.7 Å². The molecule has 1 aliphatic rings. The number of hydrogen-bond acceptors (Lipinski definition) is 3. The fraction of sp³-hybridized carbons (Fsp3) is 0.714. The second-order valence-corrected chi connectivity index (χ2v) is 4.92. The van der Waals surface area contributed by atoms with Crippen LogP contribution in [-0.4, -0.2) is 29.2 Å². The highest BCUT2D eigenvalue weighted by Gasteiger charge is 2.22. The smallest absolute Gasteiger partial charge is 0.117 e. The number of hydrogen-bond donors (Lipinski definition) is 1. The van der Waals surface area contributed by atoms with E-state index in [1.54, 1.807) is 6.26 Å². The predicted molar refractivity (Wildman–Crippen MR) is 67.7 cm³/mol. The van der Waals surface area contributed by atoms with Crippen molar-refractivity contribution in [3.63, 3.8) is 0 Å². The van der Waals surface area contributed by atoms with Crippen molar-refractivity contribution in [1.29, 1.82) is 0 Å². The third kappa shape index (κ3) is 3.86. The summed E-state index contributed by atoms with van der Waals surface area (Å²) in [5.74, 6) is 1.06. The molecule has 0 bridgehead atoms. The Labute approximate surface area is 103 Å². The summed E-state index contributed by atoms with van der Waals surface area (Å²) < 4.78 is 5.44. The Morgan fingerprint density at radius 2 is 2.12 bits per heavy atom. The second kappa shape index (κ2) is 6.82. The van der Waals surface area contributed by atoms with Gasteiger partial charge in [-0.2, -0.15) is 0 Å². The lowest BCUT2D eigenvalue weighted by Crippen LogP contribution is -2.33. The van der Waals surface area contributed by atoms with Gasteiger partial charge in [-0.05, 0) is 44.4 Å². The molecule has 1 saturated carbocycles. The first-order chi connectivity index (χ1) is 8.40. The molecule has 0 spiro atoms. The SMILES string of the molecule is OCCCCN(Cc1ccco1)C1CCCC1. The monoisotopic (exact) mass is 237 g/mol. The van der Waals surface area contributed by atoms with Crippen LogP contribution in [0.5, 0.6) is 0 Å². The molecule has 0 radical (unpaired) electrons. The molecular formula is C14H23NO2. The standard InChI is InChI=1S/C14H23NO2/c16-10-4-3-9-15(13-6-1-2-7-13)12-14-8-5-11-17-14/h5,8,11,13,16H,1-4,6-7,9-10,12H2. The van der Waals surface area contributed by atoms with Gasteiger partial charge in [0.25, 0.3) is 0 Å². The lowest BCUT2D eigenvalue weighted by Gasteiger charge is -2.27. The molecule has 0 amide bonds. The molecule has 1 aromatic rings. The van der Waals surface area contributed by atoms with E-state index in [1.807, 2.05) is 12.1 Å². The normalized spacial score (nSPS) is 17.1. The molecule has 0 aromatic carbocycles. The van der Waals surface area contributed by atoms with E-state index in [4.69, 9.17) is 9.52 Å². The average molecular weight is 237 g/mol. The van der Waals surface area contributed by atoms with Gasteiger partial charge in [0.15, 0.2) is 0 Å². The molecule has 1 fully saturated rings. The minimum absolute atomic E-state index is 0.305. The molecule has 2 rings (SSSR count). The van der Waals surface area contributed by atoms with Gasteiger partial charge < -0.3 is 9.52 Å². The number of aliphatic hydroxyl groups is 1. The Kier molecular flexibility index (Phi) is 5.08. The van der Waals surface area contributed by atoms with Crippen LogP contribution < -0.4 is 0 Å². The number of furan rings is 1. The zero-order valence-electron chi connectivity index (χ0n) is 10.5. The minimum Gasteiger partial charge on any atom is -0.468 e. The molecule has 1 aromatic heterocycles. The van der Waals surface area contributed by atoms with Crippen LogP contribution in [0.15, 0.2) is 22.8 Å². The molecule has 96 valence electrons. The predicted octanol–water partition coefficient (Wildman–Crippen LogP) is 2.80. The first kappa shape index (κ1) is 12.7. The summed E-state index contributed by atoms with van der Waals surface area (Å²) in [7, 11) is 0. The number of unbranched alkanes of at least 4 members (excludes halogenated alkanes) is 1. The summed E-state index contributed by atoms with van der Waals surface area (Å²) in [5.41, 5.74) is 0. The van der Waals surface area contributed by atoms with Gasteiger partial charge in [-0.25, -0.2) is 0 Å². The van der Waals surface area contributed by atoms with Crippen molar-refractivity contribution in [3.05, 3.63) is 24.2 Å². The van der Waals surface area contributed by atoms with Crippen molar-refractivity contribution in [1.82, 2.24) is 4.90 Å². The molecular weight excluding hydrogens is 214 g/mol. The molecule has 0 aliphatic heterocycles. The Morgan fingerprint density at radius 1 is 1.29 bits per heavy atom. The summed E-state index contributed by atoms with van der Waals surface area (Å²) in [4.78, 5) is 2.53. The minimum atomic E-state index is 0.305. The van der Waals surface area contributed by atoms with E-state index in [0.29, 0.717) is 6.61 Å². The maximum atomic E-state index is 8.86. The van der Waals surface area contributed by atoms with Gasteiger partial charge in [-0.1, -0.05) is 12.8 Å². The van der Waals surface area contributed by atoms with E-state index < -0.39 is 0 Å². The van der Waals surface area contributed by atoms with Gasteiger partial charge in [-0.3, -0.25) is 4.90 Å². The van der Waals surface area contributed by atoms with Gasteiger partial charge in [0, 0.05) is 12.6 Å². The Morgan fingerprint density at radius 3 is 2.76 bits per heavy atom. The number of rotatable bonds is 7. The van der Waals surface area contributed by atoms with Crippen molar-refractivity contribution in [2.75, 3.05) is 13.2 Å². The van der Waals surface area contributed by atoms with Crippen LogP contribution in [0, 0.1) is 0 Å². The first-order valence-corrected chi connectivity index (χ1v) is 6.77. The fourth-order valence-electron chi connectivity index (χ4n) is 2.69. The van der Waals surface area contributed by atoms with Crippen LogP contribution in [0.4, 0.5) is 0 Å². The Bertz CT molecular complexity index is 291. The van der Waals surface area contributed by atoms with Gasteiger partial charge >= 0.3 is 0 Å². The third-order valence-electron chi connectivity index (χ3n) is 3.63. The van der Waals surface area contributed by atoms with Gasteiger partial charge in [-0.15, -0.1) is 0 Å². The van der Waals surface area contributed by atoms with E-state index in [-0.39, 0.29) is 0 Å². The summed E-state index contributed by atoms with van der Waals surface area (Å²) in [5, 5.41) is 8.86. The van der Waals surface area contributed by atoms with E-state index >= 15 is 0 Å². The number of aliphatic hydroxyl groups excluding tert-OH is 1. The molecule has 0 unspecified atom stereocenters. The Balaban J connectivity index is 1.86. The van der Waals surface area contributed by atoms with Gasteiger partial charge in [0.05, 0.1) is 12.8 Å². The van der Waals surface area contributed by atoms with Crippen LogP contribution >= 0.6 is 0 Å². The van der Waals surface area contributed by atoms with Gasteiger partial charge in [0.1, 0.15) is 5.76 Å². The zero-order chi connectivity index (χ0) is 11.9. The number of nitrogens with zero attached hydrogens (tertiary/aromatic N) is 1. The largest absolute Gasteiger partial charge is 0.468 e. The van der Waals surface area contributed by atoms with Crippen molar-refractivity contribution >= 4 is 0 Å². The molecule has 0 saturated heterocycles. The van der Waals surface area contributed by atoms with Crippen molar-refractivity contribution in [2.24, 2.45) is 0 Å². The third-order valence-corrected chi connectivity index (χ3v) is 3.63. The van der Waals surface area contributed by atoms with E-state index in [2.05, 4.69) is 4.90 Å². The highest BCUT2D eigenvalue weighted by atomic mass is 16.3. The topological polar surface area (TPSA) is 36.6 Å². The molecule has 3 heteroatoms. The van der Waals surface area contributed by atoms with Crippen molar-refractivity contribution in [2.45, 2.75) is 51.1 Å². The van der Waals surface area contributed by atoms with Gasteiger partial charge in [0.2, 0.25) is 0 Å². The molecule has 3 nitrogen and oxygen atoms in total. The van der Waals surface area contributed by atoms with Crippen LogP contribution in [-0.2, 0) is 6.54 Å². The molecule has 17 heavy (non-hydrogen) atoms. The van der Waals surface area contributed by atoms with Crippen LogP contribution in [0.25, 0.3) is 0 Å². The van der Waals surface area contributed by atoms with Crippen LogP contribution in [0.3, 0.4) is 0 Å². The molecule has 1 N–H and O–H groups in total. The zero-order valence-corrected chi connectivity index (χ0v) is 10.5. The fourth-order valence-corrected chi connectivity index (χ4v) is 2.69. The summed E-state index contributed by atoms with van der Waals surface area (Å²) in [6, 6.07) is 4.72. The second-order valence-electron chi connectivity index (χ2n) is 4.92. The quantitative estimate of drug-likeness (QED) is 0.741. The molecule has 0 atom stereocenters. The lowest BCUT2D eigenvalue weighted by molar-refractivity contribution is 0.166. The summed E-state index contributed by atoms with van der Waals surface area (Å²) in [6.45, 7) is 2.30. The maximum absolute atomic E-state index is 8.86. The van der Waals surface area contributed by atoms with Crippen molar-refractivity contribution in [3.8, 4) is 0 Å². The molecule has 1 heterocycles.